The number of anilines is 3. The van der Waals surface area contributed by atoms with Crippen LogP contribution in [0.5, 0.6) is 0 Å². The minimum Gasteiger partial charge on any atom is -0.397 e. The summed E-state index contributed by atoms with van der Waals surface area (Å²) in [7, 11) is 2.11. The van der Waals surface area contributed by atoms with Crippen LogP contribution in [0.1, 0.15) is 6.42 Å². The summed E-state index contributed by atoms with van der Waals surface area (Å²) in [6.45, 7) is 1.91. The van der Waals surface area contributed by atoms with E-state index in [0.717, 1.165) is 35.4 Å². The Morgan fingerprint density at radius 2 is 1.90 bits per heavy atom. The quantitative estimate of drug-likeness (QED) is 0.620. The fourth-order valence-corrected chi connectivity index (χ4v) is 2.39. The largest absolute Gasteiger partial charge is 0.397 e. The van der Waals surface area contributed by atoms with Gasteiger partial charge in [-0.1, -0.05) is 34.1 Å². The van der Waals surface area contributed by atoms with E-state index in [-0.39, 0.29) is 0 Å². The van der Waals surface area contributed by atoms with Gasteiger partial charge in [0.05, 0.1) is 11.4 Å². The number of nitrogens with two attached hydrogens (primary N) is 1. The van der Waals surface area contributed by atoms with Gasteiger partial charge in [0.1, 0.15) is 0 Å². The minimum atomic E-state index is 0.782. The number of nitrogen functional groups attached to an aromatic ring is 1. The predicted molar refractivity (Wildman–Crippen MR) is 91.4 cm³/mol. The average molecular weight is 334 g/mol. The summed E-state index contributed by atoms with van der Waals surface area (Å²) in [5.41, 5.74) is 8.94. The predicted octanol–water partition coefficient (Wildman–Crippen LogP) is 3.97. The van der Waals surface area contributed by atoms with Crippen LogP contribution >= 0.6 is 15.9 Å². The number of rotatable bonds is 6. The van der Waals surface area contributed by atoms with Crippen molar-refractivity contribution in [3.05, 3.63) is 53.0 Å². The molecule has 0 aliphatic heterocycles. The molecule has 0 aliphatic rings. The summed E-state index contributed by atoms with van der Waals surface area (Å²) in [5.74, 6) is 0. The molecule has 0 amide bonds. The van der Waals surface area contributed by atoms with Crippen molar-refractivity contribution in [2.24, 2.45) is 0 Å². The Bertz CT molecular complexity index is 543. The Morgan fingerprint density at radius 1 is 1.15 bits per heavy atom. The summed E-state index contributed by atoms with van der Waals surface area (Å²) >= 11 is 3.46. The van der Waals surface area contributed by atoms with Gasteiger partial charge in [-0.15, -0.1) is 0 Å². The number of nitrogens with zero attached hydrogens (tertiary/aromatic N) is 1. The first kappa shape index (κ1) is 14.7. The molecule has 2 aromatic rings. The van der Waals surface area contributed by atoms with E-state index in [1.54, 1.807) is 0 Å². The van der Waals surface area contributed by atoms with Crippen molar-refractivity contribution in [2.45, 2.75) is 6.42 Å². The molecule has 4 heteroatoms. The lowest BCUT2D eigenvalue weighted by Crippen LogP contribution is -2.20. The van der Waals surface area contributed by atoms with Crippen molar-refractivity contribution >= 4 is 33.0 Å². The number of halogens is 1. The molecule has 0 radical (unpaired) electrons. The Balaban J connectivity index is 1.78. The van der Waals surface area contributed by atoms with Crippen LogP contribution in [0.2, 0.25) is 0 Å². The molecule has 0 saturated carbocycles. The lowest BCUT2D eigenvalue weighted by Gasteiger charge is -2.19. The number of benzene rings is 2. The number of hydrogen-bond acceptors (Lipinski definition) is 3. The lowest BCUT2D eigenvalue weighted by molar-refractivity contribution is 0.817. The van der Waals surface area contributed by atoms with Gasteiger partial charge in [-0.25, -0.2) is 0 Å². The zero-order chi connectivity index (χ0) is 14.4. The van der Waals surface area contributed by atoms with Crippen molar-refractivity contribution in [2.75, 3.05) is 36.1 Å². The van der Waals surface area contributed by atoms with Gasteiger partial charge in [0.25, 0.3) is 0 Å². The second-order valence-electron chi connectivity index (χ2n) is 4.77. The van der Waals surface area contributed by atoms with Gasteiger partial charge in [0.15, 0.2) is 0 Å². The summed E-state index contributed by atoms with van der Waals surface area (Å²) in [4.78, 5) is 2.26. The fourth-order valence-electron chi connectivity index (χ4n) is 2.03. The molecule has 2 rings (SSSR count). The van der Waals surface area contributed by atoms with Crippen LogP contribution in [-0.2, 0) is 0 Å². The van der Waals surface area contributed by atoms with Crippen LogP contribution in [-0.4, -0.2) is 20.1 Å². The van der Waals surface area contributed by atoms with E-state index >= 15 is 0 Å². The monoisotopic (exact) mass is 333 g/mol. The van der Waals surface area contributed by atoms with Crippen LogP contribution in [0.3, 0.4) is 0 Å². The van der Waals surface area contributed by atoms with Gasteiger partial charge in [-0.2, -0.15) is 0 Å². The van der Waals surface area contributed by atoms with Gasteiger partial charge in [-0.3, -0.25) is 0 Å². The van der Waals surface area contributed by atoms with E-state index < -0.39 is 0 Å². The highest BCUT2D eigenvalue weighted by Crippen LogP contribution is 2.23. The van der Waals surface area contributed by atoms with Crippen molar-refractivity contribution in [3.63, 3.8) is 0 Å². The van der Waals surface area contributed by atoms with Crippen LogP contribution < -0.4 is 16.0 Å². The topological polar surface area (TPSA) is 41.3 Å². The number of para-hydroxylation sites is 1. The Morgan fingerprint density at radius 3 is 2.65 bits per heavy atom. The molecule has 0 aromatic heterocycles. The zero-order valence-electron chi connectivity index (χ0n) is 11.6. The maximum atomic E-state index is 5.93. The second kappa shape index (κ2) is 7.20. The summed E-state index contributed by atoms with van der Waals surface area (Å²) in [6, 6.07) is 16.3. The Kier molecular flexibility index (Phi) is 5.30. The average Bonchev–Trinajstić information content (AvgIpc) is 2.47. The first-order valence-corrected chi connectivity index (χ1v) is 7.51. The Labute approximate surface area is 128 Å². The molecule has 106 valence electrons. The lowest BCUT2D eigenvalue weighted by atomic mass is 10.2. The van der Waals surface area contributed by atoms with Gasteiger partial charge >= 0.3 is 0 Å². The minimum absolute atomic E-state index is 0.782. The zero-order valence-corrected chi connectivity index (χ0v) is 13.2. The molecule has 0 saturated heterocycles. The highest BCUT2D eigenvalue weighted by atomic mass is 79.9. The number of hydrogen-bond donors (Lipinski definition) is 2. The standard InChI is InChI=1S/C16H20BrN3/c1-20(14-6-3-2-4-7-14)11-5-10-19-16-12-13(17)8-9-15(16)18/h2-4,6-9,12,19H,5,10-11,18H2,1H3. The smallest absolute Gasteiger partial charge is 0.0585 e. The normalized spacial score (nSPS) is 10.3. The van der Waals surface area contributed by atoms with E-state index in [4.69, 9.17) is 5.73 Å². The third-order valence-electron chi connectivity index (χ3n) is 3.20. The van der Waals surface area contributed by atoms with Gasteiger partial charge < -0.3 is 16.0 Å². The molecule has 0 bridgehead atoms. The SMILES string of the molecule is CN(CCCNc1cc(Br)ccc1N)c1ccccc1. The van der Waals surface area contributed by atoms with Crippen molar-refractivity contribution < 1.29 is 0 Å². The summed E-state index contributed by atoms with van der Waals surface area (Å²) in [5, 5.41) is 3.38. The molecular weight excluding hydrogens is 314 g/mol. The van der Waals surface area contributed by atoms with Crippen LogP contribution in [0.4, 0.5) is 17.1 Å². The molecule has 20 heavy (non-hydrogen) atoms. The molecular formula is C16H20BrN3. The maximum Gasteiger partial charge on any atom is 0.0585 e. The van der Waals surface area contributed by atoms with E-state index in [9.17, 15) is 0 Å². The summed E-state index contributed by atoms with van der Waals surface area (Å²) < 4.78 is 1.04. The molecule has 0 fully saturated rings. The molecule has 0 heterocycles. The molecule has 0 spiro atoms. The van der Waals surface area contributed by atoms with Crippen molar-refractivity contribution in [1.82, 2.24) is 0 Å². The van der Waals surface area contributed by atoms with E-state index in [1.165, 1.54) is 5.69 Å². The van der Waals surface area contributed by atoms with E-state index in [2.05, 4.69) is 57.5 Å². The first-order valence-electron chi connectivity index (χ1n) is 6.72. The van der Waals surface area contributed by atoms with Gasteiger partial charge in [0, 0.05) is 30.3 Å². The third kappa shape index (κ3) is 4.17. The fraction of sp³-hybridized carbons (Fsp3) is 0.250. The Hall–Kier alpha value is -1.68. The number of nitrogens with one attached hydrogen (secondary N) is 1. The highest BCUT2D eigenvalue weighted by Gasteiger charge is 2.01. The maximum absolute atomic E-state index is 5.93. The molecule has 0 aliphatic carbocycles. The molecule has 0 unspecified atom stereocenters. The second-order valence-corrected chi connectivity index (χ2v) is 5.68. The van der Waals surface area contributed by atoms with E-state index in [1.807, 2.05) is 24.3 Å². The molecule has 2 aromatic carbocycles. The van der Waals surface area contributed by atoms with Crippen LogP contribution in [0, 0.1) is 0 Å². The van der Waals surface area contributed by atoms with Crippen molar-refractivity contribution in [1.29, 1.82) is 0 Å². The van der Waals surface area contributed by atoms with Crippen LogP contribution in [0.25, 0.3) is 0 Å². The van der Waals surface area contributed by atoms with E-state index in [0.29, 0.717) is 0 Å². The molecule has 3 nitrogen and oxygen atoms in total. The van der Waals surface area contributed by atoms with Gasteiger partial charge in [-0.05, 0) is 36.8 Å². The highest BCUT2D eigenvalue weighted by molar-refractivity contribution is 9.10. The van der Waals surface area contributed by atoms with Crippen molar-refractivity contribution in [3.8, 4) is 0 Å². The molecule has 3 N–H and O–H groups in total. The van der Waals surface area contributed by atoms with Gasteiger partial charge in [0.2, 0.25) is 0 Å². The van der Waals surface area contributed by atoms with Crippen LogP contribution in [0.15, 0.2) is 53.0 Å². The molecule has 0 atom stereocenters. The third-order valence-corrected chi connectivity index (χ3v) is 3.69. The summed E-state index contributed by atoms with van der Waals surface area (Å²) in [6.07, 6.45) is 1.05. The first-order chi connectivity index (χ1) is 9.66.